The highest BCUT2D eigenvalue weighted by atomic mass is 16.2. The van der Waals surface area contributed by atoms with Gasteiger partial charge in [-0.1, -0.05) is 49.4 Å². The van der Waals surface area contributed by atoms with Gasteiger partial charge in [0.25, 0.3) is 0 Å². The molecule has 0 aromatic heterocycles. The molecule has 3 N–H and O–H groups in total. The summed E-state index contributed by atoms with van der Waals surface area (Å²) in [6.07, 6.45) is 3.88. The van der Waals surface area contributed by atoms with Crippen LogP contribution in [0.5, 0.6) is 0 Å². The molecule has 0 bridgehead atoms. The lowest BCUT2D eigenvalue weighted by molar-refractivity contribution is -0.123. The van der Waals surface area contributed by atoms with Crippen LogP contribution < -0.4 is 16.0 Å². The van der Waals surface area contributed by atoms with E-state index in [0.29, 0.717) is 19.0 Å². The van der Waals surface area contributed by atoms with E-state index >= 15 is 0 Å². The smallest absolute Gasteiger partial charge is 0.319 e. The Labute approximate surface area is 184 Å². The number of carbonyl (C=O) groups excluding carboxylic acids is 2. The number of amides is 3. The number of benzene rings is 2. The molecule has 164 valence electrons. The van der Waals surface area contributed by atoms with Gasteiger partial charge in [-0.3, -0.25) is 9.69 Å². The zero-order valence-electron chi connectivity index (χ0n) is 18.1. The topological polar surface area (TPSA) is 73.5 Å². The molecule has 1 aliphatic heterocycles. The summed E-state index contributed by atoms with van der Waals surface area (Å²) >= 11 is 0. The Bertz CT molecular complexity index is 901. The van der Waals surface area contributed by atoms with E-state index in [0.717, 1.165) is 37.9 Å². The number of fused-ring (bicyclic) bond motifs is 1. The highest BCUT2D eigenvalue weighted by molar-refractivity contribution is 5.89. The van der Waals surface area contributed by atoms with Crippen LogP contribution in [-0.4, -0.2) is 48.6 Å². The van der Waals surface area contributed by atoms with Crippen LogP contribution in [-0.2, 0) is 11.2 Å². The standard InChI is InChI=1S/C25H32N4O2/c1-2-21-22-11-7-6-8-18(22)12-13-23(21)28-24(30)17-29-15-14-20(16-29)27-25(31)26-19-9-4-3-5-10-19/h3-11,20-21,23H,2,12-17H2,1H3,(H,28,30)(H2,26,27,31). The first-order valence-corrected chi connectivity index (χ1v) is 11.3. The van der Waals surface area contributed by atoms with Gasteiger partial charge in [0, 0.05) is 36.8 Å². The molecular weight excluding hydrogens is 388 g/mol. The van der Waals surface area contributed by atoms with Gasteiger partial charge >= 0.3 is 6.03 Å². The van der Waals surface area contributed by atoms with Crippen LogP contribution in [0.2, 0.25) is 0 Å². The summed E-state index contributed by atoms with van der Waals surface area (Å²) in [5.41, 5.74) is 3.58. The number of rotatable bonds is 6. The zero-order valence-corrected chi connectivity index (χ0v) is 18.1. The fourth-order valence-electron chi connectivity index (χ4n) is 4.95. The molecule has 1 heterocycles. The molecule has 0 spiro atoms. The highest BCUT2D eigenvalue weighted by Crippen LogP contribution is 2.34. The predicted octanol–water partition coefficient (Wildman–Crippen LogP) is 3.51. The summed E-state index contributed by atoms with van der Waals surface area (Å²) in [6, 6.07) is 18.1. The normalized spacial score (nSPS) is 23.1. The van der Waals surface area contributed by atoms with Crippen LogP contribution in [0.4, 0.5) is 10.5 Å². The third-order valence-corrected chi connectivity index (χ3v) is 6.46. The zero-order chi connectivity index (χ0) is 21.6. The first-order valence-electron chi connectivity index (χ1n) is 11.3. The first kappa shape index (κ1) is 21.4. The number of anilines is 1. The van der Waals surface area contributed by atoms with Crippen molar-refractivity contribution in [1.82, 2.24) is 15.5 Å². The number of nitrogens with zero attached hydrogens (tertiary/aromatic N) is 1. The van der Waals surface area contributed by atoms with Crippen LogP contribution in [0.3, 0.4) is 0 Å². The van der Waals surface area contributed by atoms with Gasteiger partial charge in [0.2, 0.25) is 5.91 Å². The lowest BCUT2D eigenvalue weighted by Crippen LogP contribution is -2.46. The Balaban J connectivity index is 1.24. The van der Waals surface area contributed by atoms with Crippen molar-refractivity contribution >= 4 is 17.6 Å². The van der Waals surface area contributed by atoms with Gasteiger partial charge in [0.15, 0.2) is 0 Å². The van der Waals surface area contributed by atoms with Crippen molar-refractivity contribution in [2.24, 2.45) is 0 Å². The Kier molecular flexibility index (Phi) is 6.87. The van der Waals surface area contributed by atoms with Gasteiger partial charge in [0.1, 0.15) is 0 Å². The molecule has 3 unspecified atom stereocenters. The van der Waals surface area contributed by atoms with E-state index < -0.39 is 0 Å². The molecule has 1 fully saturated rings. The number of para-hydroxylation sites is 1. The Morgan fingerprint density at radius 2 is 1.77 bits per heavy atom. The fourth-order valence-corrected chi connectivity index (χ4v) is 4.95. The second kappa shape index (κ2) is 9.96. The van der Waals surface area contributed by atoms with Gasteiger partial charge < -0.3 is 16.0 Å². The van der Waals surface area contributed by atoms with Crippen molar-refractivity contribution in [2.45, 2.75) is 50.6 Å². The molecule has 31 heavy (non-hydrogen) atoms. The van der Waals surface area contributed by atoms with Gasteiger partial charge in [-0.05, 0) is 48.9 Å². The molecule has 3 atom stereocenters. The van der Waals surface area contributed by atoms with E-state index in [1.54, 1.807) is 0 Å². The SMILES string of the molecule is CCC1c2ccccc2CCC1NC(=O)CN1CCC(NC(=O)Nc2ccccc2)C1. The molecule has 2 aliphatic rings. The largest absolute Gasteiger partial charge is 0.352 e. The number of aryl methyl sites for hydroxylation is 1. The van der Waals surface area contributed by atoms with Crippen LogP contribution >= 0.6 is 0 Å². The van der Waals surface area contributed by atoms with Gasteiger partial charge in [-0.2, -0.15) is 0 Å². The molecule has 2 aromatic carbocycles. The van der Waals surface area contributed by atoms with E-state index in [2.05, 4.69) is 52.0 Å². The van der Waals surface area contributed by atoms with Crippen LogP contribution in [0.1, 0.15) is 43.2 Å². The van der Waals surface area contributed by atoms with Crippen molar-refractivity contribution in [3.05, 3.63) is 65.7 Å². The van der Waals surface area contributed by atoms with E-state index in [-0.39, 0.29) is 24.0 Å². The monoisotopic (exact) mass is 420 g/mol. The predicted molar refractivity (Wildman–Crippen MR) is 123 cm³/mol. The third-order valence-electron chi connectivity index (χ3n) is 6.46. The molecule has 6 nitrogen and oxygen atoms in total. The summed E-state index contributed by atoms with van der Waals surface area (Å²) in [4.78, 5) is 27.1. The van der Waals surface area contributed by atoms with Crippen molar-refractivity contribution in [3.8, 4) is 0 Å². The second-order valence-corrected chi connectivity index (χ2v) is 8.61. The van der Waals surface area contributed by atoms with Crippen molar-refractivity contribution in [2.75, 3.05) is 25.0 Å². The summed E-state index contributed by atoms with van der Waals surface area (Å²) < 4.78 is 0. The van der Waals surface area contributed by atoms with Gasteiger partial charge in [0.05, 0.1) is 6.54 Å². The third kappa shape index (κ3) is 5.44. The lowest BCUT2D eigenvalue weighted by Gasteiger charge is -2.34. The maximum Gasteiger partial charge on any atom is 0.319 e. The first-order chi connectivity index (χ1) is 15.1. The van der Waals surface area contributed by atoms with Crippen LogP contribution in [0.25, 0.3) is 0 Å². The number of hydrogen-bond donors (Lipinski definition) is 3. The number of urea groups is 1. The average Bonchev–Trinajstić information content (AvgIpc) is 3.20. The Morgan fingerprint density at radius 1 is 1.00 bits per heavy atom. The molecule has 2 aromatic rings. The molecule has 0 radical (unpaired) electrons. The summed E-state index contributed by atoms with van der Waals surface area (Å²) in [5.74, 6) is 0.459. The molecule has 1 aliphatic carbocycles. The fraction of sp³-hybridized carbons (Fsp3) is 0.440. The molecule has 3 amide bonds. The maximum atomic E-state index is 12.8. The maximum absolute atomic E-state index is 12.8. The quantitative estimate of drug-likeness (QED) is 0.670. The highest BCUT2D eigenvalue weighted by Gasteiger charge is 2.30. The van der Waals surface area contributed by atoms with E-state index in [4.69, 9.17) is 0 Å². The molecule has 4 rings (SSSR count). The summed E-state index contributed by atoms with van der Waals surface area (Å²) in [6.45, 7) is 4.09. The van der Waals surface area contributed by atoms with Gasteiger partial charge in [-0.25, -0.2) is 4.79 Å². The van der Waals surface area contributed by atoms with Crippen molar-refractivity contribution in [1.29, 1.82) is 0 Å². The number of nitrogens with one attached hydrogen (secondary N) is 3. The lowest BCUT2D eigenvalue weighted by atomic mass is 9.78. The second-order valence-electron chi connectivity index (χ2n) is 8.61. The minimum absolute atomic E-state index is 0.0569. The van der Waals surface area contributed by atoms with E-state index in [1.807, 2.05) is 30.3 Å². The number of likely N-dealkylation sites (tertiary alicyclic amines) is 1. The molecule has 1 saturated heterocycles. The van der Waals surface area contributed by atoms with Crippen molar-refractivity contribution in [3.63, 3.8) is 0 Å². The average molecular weight is 421 g/mol. The Hall–Kier alpha value is -2.86. The molecule has 6 heteroatoms. The van der Waals surface area contributed by atoms with Crippen molar-refractivity contribution < 1.29 is 9.59 Å². The minimum Gasteiger partial charge on any atom is -0.352 e. The number of hydrogen-bond acceptors (Lipinski definition) is 3. The minimum atomic E-state index is -0.200. The summed E-state index contributed by atoms with van der Waals surface area (Å²) in [7, 11) is 0. The van der Waals surface area contributed by atoms with Crippen LogP contribution in [0, 0.1) is 0 Å². The Morgan fingerprint density at radius 3 is 2.58 bits per heavy atom. The van der Waals surface area contributed by atoms with E-state index in [9.17, 15) is 9.59 Å². The summed E-state index contributed by atoms with van der Waals surface area (Å²) in [5, 5.41) is 9.16. The van der Waals surface area contributed by atoms with Gasteiger partial charge in [-0.15, -0.1) is 0 Å². The van der Waals surface area contributed by atoms with E-state index in [1.165, 1.54) is 11.1 Å². The number of carbonyl (C=O) groups is 2. The molecular formula is C25H32N4O2. The molecule has 0 saturated carbocycles. The van der Waals surface area contributed by atoms with Crippen LogP contribution in [0.15, 0.2) is 54.6 Å².